The second-order valence-electron chi connectivity index (χ2n) is 4.43. The van der Waals surface area contributed by atoms with E-state index >= 15 is 0 Å². The van der Waals surface area contributed by atoms with Crippen molar-refractivity contribution in [3.63, 3.8) is 0 Å². The van der Waals surface area contributed by atoms with Crippen LogP contribution in [0.3, 0.4) is 0 Å². The summed E-state index contributed by atoms with van der Waals surface area (Å²) in [5.41, 5.74) is 1.70. The van der Waals surface area contributed by atoms with Crippen molar-refractivity contribution in [3.05, 3.63) is 17.5 Å². The van der Waals surface area contributed by atoms with Gasteiger partial charge in [0.2, 0.25) is 0 Å². The number of rotatable bonds is 8. The van der Waals surface area contributed by atoms with Gasteiger partial charge >= 0.3 is 6.18 Å². The summed E-state index contributed by atoms with van der Waals surface area (Å²) in [4.78, 5) is 11.7. The number of Topliss-reactive ketones (excluding diaryl/α,β-unsaturated/α-hetero) is 1. The van der Waals surface area contributed by atoms with Crippen molar-refractivity contribution >= 4 is 5.78 Å². The molecule has 0 saturated heterocycles. The third-order valence-corrected chi connectivity index (χ3v) is 2.74. The van der Waals surface area contributed by atoms with Gasteiger partial charge in [0.05, 0.1) is 12.3 Å². The minimum Gasteiger partial charge on any atom is -0.372 e. The van der Waals surface area contributed by atoms with Gasteiger partial charge in [0, 0.05) is 25.1 Å². The Hall–Kier alpha value is -1.37. The summed E-state index contributed by atoms with van der Waals surface area (Å²) < 4.78 is 41.7. The van der Waals surface area contributed by atoms with E-state index in [4.69, 9.17) is 0 Å². The van der Waals surface area contributed by atoms with Crippen molar-refractivity contribution in [2.24, 2.45) is 0 Å². The lowest BCUT2D eigenvalue weighted by Crippen LogP contribution is -2.19. The summed E-state index contributed by atoms with van der Waals surface area (Å²) in [5, 5.41) is 4.31. The Kier molecular flexibility index (Phi) is 6.19. The summed E-state index contributed by atoms with van der Waals surface area (Å²) in [6, 6.07) is 1.86. The number of alkyl halides is 3. The summed E-state index contributed by atoms with van der Waals surface area (Å²) in [6.45, 7) is 3.03. The number of carbonyl (C=O) groups excluding carboxylic acids is 1. The Balaban J connectivity index is 2.40. The lowest BCUT2D eigenvalue weighted by atomic mass is 10.1. The second-order valence-corrected chi connectivity index (χ2v) is 4.43. The van der Waals surface area contributed by atoms with Crippen LogP contribution in [0.25, 0.3) is 0 Å². The first-order chi connectivity index (χ1) is 9.35. The predicted molar refractivity (Wildman–Crippen MR) is 67.5 cm³/mol. The predicted octanol–water partition coefficient (Wildman–Crippen LogP) is 2.55. The fourth-order valence-corrected chi connectivity index (χ4v) is 1.77. The van der Waals surface area contributed by atoms with Crippen molar-refractivity contribution in [1.82, 2.24) is 9.78 Å². The first-order valence-electron chi connectivity index (χ1n) is 6.57. The topological polar surface area (TPSA) is 44.1 Å². The summed E-state index contributed by atoms with van der Waals surface area (Å²) in [6.07, 6.45) is -3.41. The van der Waals surface area contributed by atoms with Crippen LogP contribution < -0.4 is 0 Å². The number of aryl methyl sites for hydroxylation is 2. The van der Waals surface area contributed by atoms with Gasteiger partial charge in [-0.2, -0.15) is 18.3 Å². The second kappa shape index (κ2) is 7.42. The third-order valence-electron chi connectivity index (χ3n) is 2.74. The van der Waals surface area contributed by atoms with Crippen LogP contribution in [-0.2, 0) is 28.9 Å². The molecular weight excluding hydrogens is 273 g/mol. The molecule has 4 nitrogen and oxygen atoms in total. The highest BCUT2D eigenvalue weighted by molar-refractivity contribution is 5.80. The number of nitrogens with zero attached hydrogens (tertiary/aromatic N) is 2. The molecule has 0 saturated carbocycles. The van der Waals surface area contributed by atoms with Gasteiger partial charge in [-0.1, -0.05) is 6.92 Å². The molecule has 0 unspecified atom stereocenters. The molecule has 0 amide bonds. The Morgan fingerprint density at radius 1 is 1.40 bits per heavy atom. The number of halogens is 3. The molecule has 0 aliphatic heterocycles. The fourth-order valence-electron chi connectivity index (χ4n) is 1.77. The molecule has 1 aromatic rings. The van der Waals surface area contributed by atoms with Gasteiger partial charge in [-0.05, 0) is 19.4 Å². The Bertz CT molecular complexity index is 441. The number of hydrogen-bond donors (Lipinski definition) is 0. The van der Waals surface area contributed by atoms with E-state index in [9.17, 15) is 18.0 Å². The number of carbonyl (C=O) groups is 1. The van der Waals surface area contributed by atoms with E-state index < -0.39 is 12.8 Å². The average Bonchev–Trinajstić information content (AvgIpc) is 2.76. The lowest BCUT2D eigenvalue weighted by Gasteiger charge is -2.07. The van der Waals surface area contributed by atoms with Gasteiger partial charge in [0.15, 0.2) is 0 Å². The molecule has 0 bridgehead atoms. The van der Waals surface area contributed by atoms with E-state index in [-0.39, 0.29) is 25.2 Å². The normalized spacial score (nSPS) is 11.8. The highest BCUT2D eigenvalue weighted by Gasteiger charge is 2.27. The van der Waals surface area contributed by atoms with Gasteiger partial charge in [0.1, 0.15) is 12.4 Å². The monoisotopic (exact) mass is 292 g/mol. The highest BCUT2D eigenvalue weighted by atomic mass is 19.4. The van der Waals surface area contributed by atoms with E-state index in [0.29, 0.717) is 6.54 Å². The van der Waals surface area contributed by atoms with Crippen molar-refractivity contribution in [1.29, 1.82) is 0 Å². The minimum atomic E-state index is -4.35. The number of hydrogen-bond acceptors (Lipinski definition) is 3. The van der Waals surface area contributed by atoms with Gasteiger partial charge in [-0.15, -0.1) is 0 Å². The molecule has 1 rings (SSSR count). The molecule has 0 aliphatic rings. The maximum Gasteiger partial charge on any atom is 0.411 e. The van der Waals surface area contributed by atoms with Crippen LogP contribution in [0.1, 0.15) is 31.7 Å². The quantitative estimate of drug-likeness (QED) is 0.692. The van der Waals surface area contributed by atoms with E-state index in [1.165, 1.54) is 0 Å². The largest absolute Gasteiger partial charge is 0.411 e. The van der Waals surface area contributed by atoms with Crippen LogP contribution in [0.15, 0.2) is 6.07 Å². The molecule has 1 aromatic heterocycles. The first-order valence-corrected chi connectivity index (χ1v) is 6.57. The van der Waals surface area contributed by atoms with E-state index in [0.717, 1.165) is 17.8 Å². The van der Waals surface area contributed by atoms with Crippen LogP contribution in [-0.4, -0.2) is 35.0 Å². The van der Waals surface area contributed by atoms with Gasteiger partial charge in [-0.3, -0.25) is 9.48 Å². The zero-order chi connectivity index (χ0) is 15.2. The van der Waals surface area contributed by atoms with Gasteiger partial charge < -0.3 is 4.74 Å². The lowest BCUT2D eigenvalue weighted by molar-refractivity contribution is -0.174. The van der Waals surface area contributed by atoms with Crippen molar-refractivity contribution in [2.75, 3.05) is 13.2 Å². The molecular formula is C13H19F3N2O2. The maximum absolute atomic E-state index is 11.8. The van der Waals surface area contributed by atoms with Crippen molar-refractivity contribution in [3.8, 4) is 0 Å². The molecule has 0 radical (unpaired) electrons. The van der Waals surface area contributed by atoms with Gasteiger partial charge in [0.25, 0.3) is 0 Å². The Labute approximate surface area is 115 Å². The summed E-state index contributed by atoms with van der Waals surface area (Å²) in [5.74, 6) is -0.149. The number of ketones is 1. The molecule has 0 atom stereocenters. The molecule has 20 heavy (non-hydrogen) atoms. The van der Waals surface area contributed by atoms with E-state index in [1.54, 1.807) is 4.68 Å². The summed E-state index contributed by atoms with van der Waals surface area (Å²) in [7, 11) is 0. The van der Waals surface area contributed by atoms with Crippen molar-refractivity contribution in [2.45, 2.75) is 45.8 Å². The average molecular weight is 292 g/mol. The smallest absolute Gasteiger partial charge is 0.372 e. The van der Waals surface area contributed by atoms with E-state index in [2.05, 4.69) is 9.84 Å². The number of ether oxygens (including phenoxy) is 1. The molecule has 0 aliphatic carbocycles. The van der Waals surface area contributed by atoms with Crippen LogP contribution in [0, 0.1) is 0 Å². The SMILES string of the molecule is CCc1cc(CC(=O)CCOCC(F)(F)F)n(CC)n1. The minimum absolute atomic E-state index is 0.0214. The fraction of sp³-hybridized carbons (Fsp3) is 0.692. The molecule has 114 valence electrons. The maximum atomic E-state index is 11.8. The standard InChI is InChI=1S/C13H19F3N2O2/c1-3-10-7-11(18(4-2)17-10)8-12(19)5-6-20-9-13(14,15)16/h7H,3-6,8-9H2,1-2H3. The summed E-state index contributed by atoms with van der Waals surface area (Å²) >= 11 is 0. The molecule has 0 N–H and O–H groups in total. The molecule has 1 heterocycles. The first kappa shape index (κ1) is 16.7. The molecule has 0 aromatic carbocycles. The Morgan fingerprint density at radius 3 is 2.65 bits per heavy atom. The van der Waals surface area contributed by atoms with Gasteiger partial charge in [-0.25, -0.2) is 0 Å². The van der Waals surface area contributed by atoms with Crippen molar-refractivity contribution < 1.29 is 22.7 Å². The van der Waals surface area contributed by atoms with Crippen LogP contribution >= 0.6 is 0 Å². The number of aromatic nitrogens is 2. The van der Waals surface area contributed by atoms with Crippen LogP contribution in [0.5, 0.6) is 0 Å². The third kappa shape index (κ3) is 5.73. The highest BCUT2D eigenvalue weighted by Crippen LogP contribution is 2.14. The molecule has 0 fully saturated rings. The molecule has 0 spiro atoms. The van der Waals surface area contributed by atoms with Crippen LogP contribution in [0.4, 0.5) is 13.2 Å². The molecule has 7 heteroatoms. The Morgan fingerprint density at radius 2 is 2.10 bits per heavy atom. The van der Waals surface area contributed by atoms with E-state index in [1.807, 2.05) is 19.9 Å². The van der Waals surface area contributed by atoms with Crippen LogP contribution in [0.2, 0.25) is 0 Å². The zero-order valence-corrected chi connectivity index (χ0v) is 11.7. The zero-order valence-electron chi connectivity index (χ0n) is 11.7.